The van der Waals surface area contributed by atoms with Gasteiger partial charge in [0.05, 0.1) is 12.0 Å². The van der Waals surface area contributed by atoms with Crippen molar-refractivity contribution in [1.29, 1.82) is 0 Å². The number of carbonyl (C=O) groups excluding carboxylic acids is 1. The number of amidine groups is 1. The fourth-order valence-electron chi connectivity index (χ4n) is 3.23. The Hall–Kier alpha value is -3.26. The highest BCUT2D eigenvalue weighted by atomic mass is 35.5. The van der Waals surface area contributed by atoms with Crippen LogP contribution >= 0.6 is 35.0 Å². The minimum absolute atomic E-state index is 0.171. The number of ether oxygens (including phenoxy) is 2. The first kappa shape index (κ1) is 24.9. The number of aromatic nitrogens is 1. The molecule has 9 heteroatoms. The number of methoxy groups -OCH3 is 1. The standard InChI is InChI=1S/C26H21Cl2N3O3S/c1-3-13-31-25(32)23(35-26(31)30-20-5-4-12-29-24(20)28)15-18-8-11-21(22(14-18)33-2)34-16-17-6-9-19(27)10-7-17/h3-12,14-15H,1,13,16H2,2H3/b23-15-,30-26?. The molecular formula is C26H21Cl2N3O3S. The quantitative estimate of drug-likeness (QED) is 0.184. The largest absolute Gasteiger partial charge is 0.493 e. The number of amides is 1. The molecule has 0 atom stereocenters. The lowest BCUT2D eigenvalue weighted by molar-refractivity contribution is -0.121. The number of pyridine rings is 1. The van der Waals surface area contributed by atoms with Crippen molar-refractivity contribution in [2.75, 3.05) is 13.7 Å². The molecule has 1 aromatic heterocycles. The van der Waals surface area contributed by atoms with Crippen LogP contribution in [0.3, 0.4) is 0 Å². The second kappa shape index (κ2) is 11.4. The summed E-state index contributed by atoms with van der Waals surface area (Å²) >= 11 is 13.4. The predicted molar refractivity (Wildman–Crippen MR) is 143 cm³/mol. The topological polar surface area (TPSA) is 64.0 Å². The van der Waals surface area contributed by atoms with Crippen LogP contribution in [-0.4, -0.2) is 34.6 Å². The van der Waals surface area contributed by atoms with Crippen molar-refractivity contribution < 1.29 is 14.3 Å². The van der Waals surface area contributed by atoms with Gasteiger partial charge in [-0.3, -0.25) is 9.69 Å². The summed E-state index contributed by atoms with van der Waals surface area (Å²) in [5.41, 5.74) is 2.26. The van der Waals surface area contributed by atoms with E-state index < -0.39 is 0 Å². The molecule has 0 unspecified atom stereocenters. The number of aliphatic imine (C=N–C) groups is 1. The summed E-state index contributed by atoms with van der Waals surface area (Å²) in [4.78, 5) is 23.7. The van der Waals surface area contributed by atoms with Crippen molar-refractivity contribution in [2.24, 2.45) is 4.99 Å². The molecule has 0 spiro atoms. The van der Waals surface area contributed by atoms with Gasteiger partial charge >= 0.3 is 0 Å². The Morgan fingerprint density at radius 2 is 1.94 bits per heavy atom. The van der Waals surface area contributed by atoms with Crippen LogP contribution < -0.4 is 9.47 Å². The summed E-state index contributed by atoms with van der Waals surface area (Å²) in [6, 6.07) is 16.4. The molecule has 1 aliphatic heterocycles. The Morgan fingerprint density at radius 1 is 1.14 bits per heavy atom. The van der Waals surface area contributed by atoms with Crippen LogP contribution in [0.4, 0.5) is 5.69 Å². The summed E-state index contributed by atoms with van der Waals surface area (Å²) in [5.74, 6) is 0.982. The van der Waals surface area contributed by atoms with Crippen molar-refractivity contribution in [1.82, 2.24) is 9.88 Å². The van der Waals surface area contributed by atoms with E-state index in [1.54, 1.807) is 42.5 Å². The number of rotatable bonds is 8. The van der Waals surface area contributed by atoms with Crippen molar-refractivity contribution >= 4 is 57.8 Å². The van der Waals surface area contributed by atoms with Crippen LogP contribution in [0.2, 0.25) is 10.2 Å². The Labute approximate surface area is 217 Å². The third-order valence-electron chi connectivity index (χ3n) is 4.95. The molecule has 1 amide bonds. The van der Waals surface area contributed by atoms with E-state index >= 15 is 0 Å². The van der Waals surface area contributed by atoms with Gasteiger partial charge < -0.3 is 9.47 Å². The number of carbonyl (C=O) groups is 1. The second-order valence-electron chi connectivity index (χ2n) is 7.35. The normalized spacial score (nSPS) is 15.6. The van der Waals surface area contributed by atoms with Gasteiger partial charge in [0.1, 0.15) is 12.3 Å². The van der Waals surface area contributed by atoms with Gasteiger partial charge in [-0.05, 0) is 65.4 Å². The van der Waals surface area contributed by atoms with Gasteiger partial charge in [-0.25, -0.2) is 9.98 Å². The molecule has 0 radical (unpaired) electrons. The van der Waals surface area contributed by atoms with Gasteiger partial charge in [0.2, 0.25) is 0 Å². The van der Waals surface area contributed by atoms with E-state index in [0.717, 1.165) is 11.1 Å². The van der Waals surface area contributed by atoms with Crippen molar-refractivity contribution in [3.05, 3.63) is 99.7 Å². The lowest BCUT2D eigenvalue weighted by Gasteiger charge is -2.12. The van der Waals surface area contributed by atoms with E-state index in [2.05, 4.69) is 16.6 Å². The summed E-state index contributed by atoms with van der Waals surface area (Å²) in [7, 11) is 1.57. The third kappa shape index (κ3) is 6.06. The van der Waals surface area contributed by atoms with Crippen LogP contribution in [-0.2, 0) is 11.4 Å². The molecule has 0 aliphatic carbocycles. The number of nitrogens with zero attached hydrogens (tertiary/aromatic N) is 3. The van der Waals surface area contributed by atoms with E-state index in [4.69, 9.17) is 32.7 Å². The predicted octanol–water partition coefficient (Wildman–Crippen LogP) is 6.77. The van der Waals surface area contributed by atoms with Crippen molar-refractivity contribution in [3.8, 4) is 11.5 Å². The molecule has 1 saturated heterocycles. The molecule has 6 nitrogen and oxygen atoms in total. The molecule has 0 bridgehead atoms. The Balaban J connectivity index is 1.56. The Kier molecular flexibility index (Phi) is 8.13. The second-order valence-corrected chi connectivity index (χ2v) is 9.15. The molecule has 0 N–H and O–H groups in total. The minimum Gasteiger partial charge on any atom is -0.493 e. The highest BCUT2D eigenvalue weighted by Gasteiger charge is 2.32. The van der Waals surface area contributed by atoms with E-state index in [1.807, 2.05) is 42.5 Å². The molecule has 1 aliphatic rings. The van der Waals surface area contributed by atoms with Crippen LogP contribution in [0, 0.1) is 0 Å². The lowest BCUT2D eigenvalue weighted by Crippen LogP contribution is -2.29. The molecule has 0 saturated carbocycles. The highest BCUT2D eigenvalue weighted by Crippen LogP contribution is 2.36. The average Bonchev–Trinajstić information content (AvgIpc) is 3.14. The zero-order valence-corrected chi connectivity index (χ0v) is 21.1. The number of hydrogen-bond donors (Lipinski definition) is 0. The minimum atomic E-state index is -0.171. The number of halogens is 2. The molecule has 2 heterocycles. The molecular weight excluding hydrogens is 505 g/mol. The monoisotopic (exact) mass is 525 g/mol. The molecule has 3 aromatic rings. The Morgan fingerprint density at radius 3 is 2.66 bits per heavy atom. The van der Waals surface area contributed by atoms with E-state index in [1.165, 1.54) is 11.8 Å². The first-order chi connectivity index (χ1) is 17.0. The van der Waals surface area contributed by atoms with E-state index in [-0.39, 0.29) is 11.1 Å². The lowest BCUT2D eigenvalue weighted by atomic mass is 10.1. The number of hydrogen-bond acceptors (Lipinski definition) is 6. The number of benzene rings is 2. The maximum absolute atomic E-state index is 13.1. The zero-order valence-electron chi connectivity index (χ0n) is 18.8. The SMILES string of the molecule is C=CCN1C(=O)/C(=C/c2ccc(OCc3ccc(Cl)cc3)c(OC)c2)SC1=Nc1cccnc1Cl. The first-order valence-electron chi connectivity index (χ1n) is 10.6. The average molecular weight is 526 g/mol. The van der Waals surface area contributed by atoms with Gasteiger partial charge in [-0.2, -0.15) is 0 Å². The maximum Gasteiger partial charge on any atom is 0.267 e. The van der Waals surface area contributed by atoms with Gasteiger partial charge in [0, 0.05) is 17.8 Å². The van der Waals surface area contributed by atoms with Crippen LogP contribution in [0.25, 0.3) is 6.08 Å². The molecule has 178 valence electrons. The summed E-state index contributed by atoms with van der Waals surface area (Å²) < 4.78 is 11.4. The maximum atomic E-state index is 13.1. The van der Waals surface area contributed by atoms with Crippen LogP contribution in [0.1, 0.15) is 11.1 Å². The highest BCUT2D eigenvalue weighted by molar-refractivity contribution is 8.18. The number of thioether (sulfide) groups is 1. The first-order valence-corrected chi connectivity index (χ1v) is 12.1. The summed E-state index contributed by atoms with van der Waals surface area (Å²) in [6.45, 7) is 4.44. The van der Waals surface area contributed by atoms with Crippen molar-refractivity contribution in [3.63, 3.8) is 0 Å². The van der Waals surface area contributed by atoms with E-state index in [0.29, 0.717) is 45.4 Å². The van der Waals surface area contributed by atoms with Gasteiger partial charge in [-0.15, -0.1) is 6.58 Å². The van der Waals surface area contributed by atoms with Crippen molar-refractivity contribution in [2.45, 2.75) is 6.61 Å². The zero-order chi connectivity index (χ0) is 24.8. The van der Waals surface area contributed by atoms with Gasteiger partial charge in [0.25, 0.3) is 5.91 Å². The van der Waals surface area contributed by atoms with Crippen LogP contribution in [0.15, 0.2) is 83.3 Å². The van der Waals surface area contributed by atoms with Crippen LogP contribution in [0.5, 0.6) is 11.5 Å². The molecule has 2 aromatic carbocycles. The van der Waals surface area contributed by atoms with Gasteiger partial charge in [-0.1, -0.05) is 47.5 Å². The molecule has 1 fully saturated rings. The molecule has 35 heavy (non-hydrogen) atoms. The third-order valence-corrected chi connectivity index (χ3v) is 6.50. The smallest absolute Gasteiger partial charge is 0.267 e. The fourth-order valence-corrected chi connectivity index (χ4v) is 4.52. The van der Waals surface area contributed by atoms with E-state index in [9.17, 15) is 4.79 Å². The molecule has 4 rings (SSSR count). The Bertz CT molecular complexity index is 1310. The summed E-state index contributed by atoms with van der Waals surface area (Å²) in [6.07, 6.45) is 5.03. The fraction of sp³-hybridized carbons (Fsp3) is 0.115. The summed E-state index contributed by atoms with van der Waals surface area (Å²) in [5, 5.41) is 1.44. The van der Waals surface area contributed by atoms with Gasteiger partial charge in [0.15, 0.2) is 21.8 Å².